The maximum atomic E-state index is 7.46. The van der Waals surface area contributed by atoms with E-state index < -0.39 is 0 Å². The van der Waals surface area contributed by atoms with Crippen molar-refractivity contribution in [1.82, 2.24) is 0 Å². The molecule has 0 aliphatic heterocycles. The number of aliphatic hydroxyl groups excluding tert-OH is 2. The minimum Gasteiger partial charge on any atom is -0.358 e. The fourth-order valence-electron chi connectivity index (χ4n) is 1.16. The van der Waals surface area contributed by atoms with Crippen LogP contribution in [0, 0.1) is 26.3 Å². The second-order valence-electron chi connectivity index (χ2n) is 5.27. The SMILES string of the molecule is CC(C)(C)[NH-].CC1=[C-]C(C)C(C)=C1C.CO.Cl.Cl.[CH2-]CO.[CH2]=[Zr].[CH3-]. The standard InChI is InChI=1S/C9H13.C4H10N.C2H5O.CH4O.CH3.CH2.2ClH.Zr/c1-6-5-7(2)9(4)8(6)3;1-4(2,3)5;1-2-3;1-2;;;;;/h6H,1-4H3;5H,1-3H3;3H,1-2H2;2H,1H3;1H3;1H2;2*1H;/q3*-1;;-1;;;;. The van der Waals surface area contributed by atoms with E-state index in [-0.39, 0.29) is 44.4 Å². The molecule has 0 bridgehead atoms. The smallest absolute Gasteiger partial charge is 0.358 e. The molecule has 1 unspecified atom stereocenters. The van der Waals surface area contributed by atoms with Crippen LogP contribution in [0.5, 0.6) is 0 Å². The minimum atomic E-state index is -0.250. The van der Waals surface area contributed by atoms with E-state index in [1.54, 1.807) is 0 Å². The fraction of sp³-hybridized carbons (Fsp3) is 0.611. The van der Waals surface area contributed by atoms with Gasteiger partial charge in [0.15, 0.2) is 0 Å². The number of halogens is 2. The predicted octanol–water partition coefficient (Wildman–Crippen LogP) is 5.24. The maximum Gasteiger partial charge on any atom is -0.358 e. The maximum absolute atomic E-state index is 7.46. The molecule has 0 radical (unpaired) electrons. The van der Waals surface area contributed by atoms with E-state index in [2.05, 4.69) is 44.9 Å². The van der Waals surface area contributed by atoms with E-state index in [1.807, 2.05) is 20.8 Å². The zero-order valence-corrected chi connectivity index (χ0v) is 21.0. The van der Waals surface area contributed by atoms with E-state index in [9.17, 15) is 0 Å². The minimum absolute atomic E-state index is 0. The number of rotatable bonds is 0. The molecule has 1 atom stereocenters. The van der Waals surface area contributed by atoms with Crippen LogP contribution in [0.15, 0.2) is 16.7 Å². The van der Waals surface area contributed by atoms with Crippen LogP contribution >= 0.6 is 24.8 Å². The first-order valence-electron chi connectivity index (χ1n) is 6.77. The fourth-order valence-corrected chi connectivity index (χ4v) is 1.16. The van der Waals surface area contributed by atoms with Crippen LogP contribution in [-0.2, 0) is 24.2 Å². The van der Waals surface area contributed by atoms with Gasteiger partial charge in [-0.05, 0) is 0 Å². The van der Waals surface area contributed by atoms with Gasteiger partial charge in [-0.25, -0.2) is 5.57 Å². The van der Waals surface area contributed by atoms with E-state index in [1.165, 1.54) is 41.0 Å². The van der Waals surface area contributed by atoms with Gasteiger partial charge in [-0.1, -0.05) is 54.1 Å². The van der Waals surface area contributed by atoms with Gasteiger partial charge in [0.2, 0.25) is 0 Å². The number of aliphatic hydroxyl groups is 2. The van der Waals surface area contributed by atoms with Crippen LogP contribution in [0.25, 0.3) is 5.73 Å². The van der Waals surface area contributed by atoms with Crippen LogP contribution < -0.4 is 0 Å². The molecular formula is C18H39Cl2NO2Zr-4. The molecule has 3 nitrogen and oxygen atoms in total. The average Bonchev–Trinajstić information content (AvgIpc) is 2.60. The summed E-state index contributed by atoms with van der Waals surface area (Å²) < 4.78 is 3.34. The molecule has 6 heteroatoms. The van der Waals surface area contributed by atoms with Crippen molar-refractivity contribution in [3.63, 3.8) is 0 Å². The molecule has 24 heavy (non-hydrogen) atoms. The molecule has 3 N–H and O–H groups in total. The van der Waals surface area contributed by atoms with Gasteiger partial charge in [0, 0.05) is 7.11 Å². The van der Waals surface area contributed by atoms with Crippen molar-refractivity contribution in [1.29, 1.82) is 0 Å². The Morgan fingerprint density at radius 1 is 1.17 bits per heavy atom. The number of allylic oxidation sites excluding steroid dienone is 4. The predicted molar refractivity (Wildman–Crippen MR) is 113 cm³/mol. The van der Waals surface area contributed by atoms with Crippen molar-refractivity contribution >= 4 is 29.0 Å². The molecular weight excluding hydrogens is 424 g/mol. The van der Waals surface area contributed by atoms with Crippen molar-refractivity contribution < 1.29 is 34.4 Å². The third-order valence-corrected chi connectivity index (χ3v) is 2.24. The zero-order chi connectivity index (χ0) is 18.2. The molecule has 0 spiro atoms. The van der Waals surface area contributed by atoms with Crippen LogP contribution in [0.2, 0.25) is 0 Å². The Morgan fingerprint density at radius 3 is 1.42 bits per heavy atom. The first kappa shape index (κ1) is 44.3. The van der Waals surface area contributed by atoms with Gasteiger partial charge in [0.1, 0.15) is 0 Å². The molecule has 0 aromatic rings. The molecule has 0 saturated carbocycles. The van der Waals surface area contributed by atoms with E-state index in [0.29, 0.717) is 5.92 Å². The molecule has 0 saturated heterocycles. The zero-order valence-electron chi connectivity index (χ0n) is 16.9. The quantitative estimate of drug-likeness (QED) is 0.483. The van der Waals surface area contributed by atoms with Crippen LogP contribution in [0.1, 0.15) is 48.5 Å². The molecule has 0 aromatic heterocycles. The summed E-state index contributed by atoms with van der Waals surface area (Å²) >= 11 is 1.30. The first-order valence-corrected chi connectivity index (χ1v) is 8.51. The van der Waals surface area contributed by atoms with Gasteiger partial charge in [0.25, 0.3) is 0 Å². The number of nitrogens with one attached hydrogen (secondary N) is 1. The Kier molecular flexibility index (Phi) is 52.6. The molecule has 0 amide bonds. The second kappa shape index (κ2) is 28.5. The van der Waals surface area contributed by atoms with Crippen LogP contribution in [0.4, 0.5) is 0 Å². The van der Waals surface area contributed by atoms with Gasteiger partial charge in [-0.3, -0.25) is 6.08 Å². The molecule has 1 aliphatic carbocycles. The van der Waals surface area contributed by atoms with Gasteiger partial charge < -0.3 is 30.3 Å². The van der Waals surface area contributed by atoms with Crippen LogP contribution in [-0.4, -0.2) is 33.7 Å². The van der Waals surface area contributed by atoms with Crippen molar-refractivity contribution in [3.05, 3.63) is 42.9 Å². The number of hydrogen-bond donors (Lipinski definition) is 2. The Hall–Kier alpha value is 0.693. The first-order chi connectivity index (χ1) is 9.54. The van der Waals surface area contributed by atoms with Crippen molar-refractivity contribution in [2.24, 2.45) is 5.92 Å². The van der Waals surface area contributed by atoms with Crippen molar-refractivity contribution in [2.75, 3.05) is 13.7 Å². The second-order valence-corrected chi connectivity index (χ2v) is 5.27. The normalized spacial score (nSPS) is 13.8. The van der Waals surface area contributed by atoms with Crippen molar-refractivity contribution in [2.45, 2.75) is 54.0 Å². The average molecular weight is 464 g/mol. The molecule has 0 heterocycles. The van der Waals surface area contributed by atoms with Crippen LogP contribution in [0.3, 0.4) is 0 Å². The Balaban J connectivity index is -0.0000000339. The van der Waals surface area contributed by atoms with Gasteiger partial charge in [-0.2, -0.15) is 11.1 Å². The largest absolute Gasteiger partial charge is 0.358 e. The topological polar surface area (TPSA) is 64.3 Å². The summed E-state index contributed by atoms with van der Waals surface area (Å²) in [4.78, 5) is 0. The molecule has 1 aliphatic rings. The summed E-state index contributed by atoms with van der Waals surface area (Å²) in [6.07, 6.45) is 3.36. The number of hydrogen-bond acceptors (Lipinski definition) is 2. The third-order valence-electron chi connectivity index (χ3n) is 2.24. The van der Waals surface area contributed by atoms with Gasteiger partial charge in [-0.15, -0.1) is 37.3 Å². The Morgan fingerprint density at radius 2 is 1.38 bits per heavy atom. The van der Waals surface area contributed by atoms with Crippen molar-refractivity contribution in [3.8, 4) is 0 Å². The van der Waals surface area contributed by atoms with E-state index >= 15 is 0 Å². The Bertz CT molecular complexity index is 296. The summed E-state index contributed by atoms with van der Waals surface area (Å²) in [5.41, 5.74) is 10.9. The molecule has 0 fully saturated rings. The molecule has 0 aromatic carbocycles. The monoisotopic (exact) mass is 461 g/mol. The van der Waals surface area contributed by atoms with E-state index in [4.69, 9.17) is 15.9 Å². The van der Waals surface area contributed by atoms with Gasteiger partial charge >= 0.3 is 28.4 Å². The molecule has 1 rings (SSSR count). The summed E-state index contributed by atoms with van der Waals surface area (Å²) in [6, 6.07) is 0. The molecule has 150 valence electrons. The summed E-state index contributed by atoms with van der Waals surface area (Å²) in [5, 5.41) is 14.5. The summed E-state index contributed by atoms with van der Waals surface area (Å²) in [7, 11) is 1.00. The van der Waals surface area contributed by atoms with Gasteiger partial charge in [0.05, 0.1) is 0 Å². The summed E-state index contributed by atoms with van der Waals surface area (Å²) in [5.74, 6) is 0.560. The van der Waals surface area contributed by atoms with E-state index in [0.717, 1.165) is 7.11 Å². The summed E-state index contributed by atoms with van der Waals surface area (Å²) in [6.45, 7) is 17.3. The Labute approximate surface area is 179 Å². The third kappa shape index (κ3) is 38.3.